The molecule has 2 N–H and O–H groups in total. The highest BCUT2D eigenvalue weighted by molar-refractivity contribution is 6.35. The number of hydrogen-bond acceptors (Lipinski definition) is 3. The molecule has 1 aromatic rings. The zero-order valence-electron chi connectivity index (χ0n) is 12.1. The van der Waals surface area contributed by atoms with Crippen LogP contribution in [-0.4, -0.2) is 49.4 Å². The van der Waals surface area contributed by atoms with Crippen molar-refractivity contribution < 1.29 is 14.0 Å². The lowest BCUT2D eigenvalue weighted by atomic mass is 10.1. The van der Waals surface area contributed by atoms with Crippen LogP contribution in [0.4, 0.5) is 4.39 Å². The van der Waals surface area contributed by atoms with Crippen LogP contribution >= 0.6 is 0 Å². The Morgan fingerprint density at radius 2 is 2.05 bits per heavy atom. The molecule has 21 heavy (non-hydrogen) atoms. The zero-order chi connectivity index (χ0) is 15.2. The second-order valence-corrected chi connectivity index (χ2v) is 5.12. The first kappa shape index (κ1) is 15.4. The molecule has 6 heteroatoms. The van der Waals surface area contributed by atoms with Crippen molar-refractivity contribution in [1.29, 1.82) is 0 Å². The van der Waals surface area contributed by atoms with Crippen LogP contribution in [0.15, 0.2) is 18.2 Å². The third-order valence-corrected chi connectivity index (χ3v) is 3.58. The summed E-state index contributed by atoms with van der Waals surface area (Å²) in [7, 11) is 0. The summed E-state index contributed by atoms with van der Waals surface area (Å²) < 4.78 is 13.0. The van der Waals surface area contributed by atoms with Gasteiger partial charge in [0.25, 0.3) is 0 Å². The fourth-order valence-corrected chi connectivity index (χ4v) is 2.34. The van der Waals surface area contributed by atoms with Gasteiger partial charge >= 0.3 is 11.8 Å². The Balaban J connectivity index is 1.79. The quantitative estimate of drug-likeness (QED) is 0.784. The third-order valence-electron chi connectivity index (χ3n) is 3.58. The summed E-state index contributed by atoms with van der Waals surface area (Å²) in [5.41, 5.74) is 1.81. The lowest BCUT2D eigenvalue weighted by Crippen LogP contribution is -2.51. The first-order valence-corrected chi connectivity index (χ1v) is 7.11. The topological polar surface area (TPSA) is 61.4 Å². The molecule has 1 fully saturated rings. The Hall–Kier alpha value is -1.95. The van der Waals surface area contributed by atoms with Gasteiger partial charge in [-0.25, -0.2) is 4.39 Å². The molecule has 1 aliphatic rings. The van der Waals surface area contributed by atoms with Crippen LogP contribution in [0.25, 0.3) is 0 Å². The zero-order valence-corrected chi connectivity index (χ0v) is 12.1. The van der Waals surface area contributed by atoms with Crippen molar-refractivity contribution in [2.45, 2.75) is 13.3 Å². The van der Waals surface area contributed by atoms with E-state index in [-0.39, 0.29) is 5.82 Å². The maximum absolute atomic E-state index is 13.0. The molecule has 2 amide bonds. The van der Waals surface area contributed by atoms with Gasteiger partial charge in [-0.3, -0.25) is 9.59 Å². The summed E-state index contributed by atoms with van der Waals surface area (Å²) in [4.78, 5) is 25.2. The molecule has 0 spiro atoms. The largest absolute Gasteiger partial charge is 0.347 e. The van der Waals surface area contributed by atoms with E-state index in [2.05, 4.69) is 10.6 Å². The fraction of sp³-hybridized carbons (Fsp3) is 0.467. The number of rotatable bonds is 3. The number of carbonyl (C=O) groups excluding carboxylic acids is 2. The second-order valence-electron chi connectivity index (χ2n) is 5.12. The monoisotopic (exact) mass is 293 g/mol. The lowest BCUT2D eigenvalue weighted by molar-refractivity contribution is -0.146. The van der Waals surface area contributed by atoms with Crippen molar-refractivity contribution >= 4 is 11.8 Å². The van der Waals surface area contributed by atoms with Gasteiger partial charge in [0, 0.05) is 32.7 Å². The molecule has 0 aromatic heterocycles. The predicted molar refractivity (Wildman–Crippen MR) is 77.3 cm³/mol. The SMILES string of the molecule is Cc1cc(F)ccc1CCNC(=O)C(=O)N1CCNCC1. The van der Waals surface area contributed by atoms with Crippen molar-refractivity contribution in [3.05, 3.63) is 35.1 Å². The Morgan fingerprint density at radius 3 is 2.71 bits per heavy atom. The summed E-state index contributed by atoms with van der Waals surface area (Å²) >= 11 is 0. The fourth-order valence-electron chi connectivity index (χ4n) is 2.34. The number of piperazine rings is 1. The van der Waals surface area contributed by atoms with Crippen LogP contribution in [0.5, 0.6) is 0 Å². The van der Waals surface area contributed by atoms with Gasteiger partial charge in [-0.05, 0) is 36.6 Å². The molecule has 5 nitrogen and oxygen atoms in total. The van der Waals surface area contributed by atoms with Crippen LogP contribution in [-0.2, 0) is 16.0 Å². The number of halogens is 1. The molecule has 114 valence electrons. The first-order chi connectivity index (χ1) is 10.1. The van der Waals surface area contributed by atoms with Gasteiger partial charge in [0.15, 0.2) is 0 Å². The van der Waals surface area contributed by atoms with E-state index in [1.807, 2.05) is 6.92 Å². The first-order valence-electron chi connectivity index (χ1n) is 7.11. The van der Waals surface area contributed by atoms with E-state index in [9.17, 15) is 14.0 Å². The molecule has 0 unspecified atom stereocenters. The van der Waals surface area contributed by atoms with E-state index in [0.717, 1.165) is 11.1 Å². The standard InChI is InChI=1S/C15H20FN3O2/c1-11-10-13(16)3-2-12(11)4-5-18-14(20)15(21)19-8-6-17-7-9-19/h2-3,10,17H,4-9H2,1H3,(H,18,20). The van der Waals surface area contributed by atoms with Crippen LogP contribution < -0.4 is 10.6 Å². The van der Waals surface area contributed by atoms with Crippen molar-refractivity contribution in [2.24, 2.45) is 0 Å². The van der Waals surface area contributed by atoms with Gasteiger partial charge in [-0.1, -0.05) is 6.07 Å². The molecule has 1 aliphatic heterocycles. The van der Waals surface area contributed by atoms with Crippen LogP contribution in [0.1, 0.15) is 11.1 Å². The molecule has 0 radical (unpaired) electrons. The Labute approximate surface area is 123 Å². The van der Waals surface area contributed by atoms with Crippen LogP contribution in [0.3, 0.4) is 0 Å². The van der Waals surface area contributed by atoms with Gasteiger partial charge in [-0.15, -0.1) is 0 Å². The maximum Gasteiger partial charge on any atom is 0.311 e. The van der Waals surface area contributed by atoms with Gasteiger partial charge in [-0.2, -0.15) is 0 Å². The second kappa shape index (κ2) is 7.17. The van der Waals surface area contributed by atoms with Gasteiger partial charge in [0.1, 0.15) is 5.82 Å². The number of benzene rings is 1. The third kappa shape index (κ3) is 4.26. The smallest absolute Gasteiger partial charge is 0.311 e. The van der Waals surface area contributed by atoms with E-state index in [4.69, 9.17) is 0 Å². The molecule has 2 rings (SSSR count). The molecular weight excluding hydrogens is 273 g/mol. The number of nitrogens with zero attached hydrogens (tertiary/aromatic N) is 1. The highest BCUT2D eigenvalue weighted by Crippen LogP contribution is 2.10. The Bertz CT molecular complexity index is 528. The highest BCUT2D eigenvalue weighted by Gasteiger charge is 2.22. The minimum atomic E-state index is -0.573. The molecule has 1 heterocycles. The Kier molecular flexibility index (Phi) is 5.27. The van der Waals surface area contributed by atoms with Crippen molar-refractivity contribution in [1.82, 2.24) is 15.5 Å². The van der Waals surface area contributed by atoms with Crippen LogP contribution in [0.2, 0.25) is 0 Å². The van der Waals surface area contributed by atoms with Crippen molar-refractivity contribution in [3.8, 4) is 0 Å². The summed E-state index contributed by atoms with van der Waals surface area (Å²) in [5, 5.41) is 5.75. The number of aryl methyl sites for hydroxylation is 1. The van der Waals surface area contributed by atoms with E-state index in [1.54, 1.807) is 11.0 Å². The molecule has 0 aliphatic carbocycles. The summed E-state index contributed by atoms with van der Waals surface area (Å²) in [6.45, 7) is 4.74. The maximum atomic E-state index is 13.0. The average molecular weight is 293 g/mol. The predicted octanol–water partition coefficient (Wildman–Crippen LogP) is 0.225. The van der Waals surface area contributed by atoms with Crippen molar-refractivity contribution in [3.63, 3.8) is 0 Å². The number of amides is 2. The highest BCUT2D eigenvalue weighted by atomic mass is 19.1. The minimum absolute atomic E-state index is 0.269. The minimum Gasteiger partial charge on any atom is -0.347 e. The summed E-state index contributed by atoms with van der Waals surface area (Å²) in [5.74, 6) is -1.32. The summed E-state index contributed by atoms with van der Waals surface area (Å²) in [6.07, 6.45) is 0.576. The van der Waals surface area contributed by atoms with Crippen molar-refractivity contribution in [2.75, 3.05) is 32.7 Å². The Morgan fingerprint density at radius 1 is 1.33 bits per heavy atom. The molecule has 0 atom stereocenters. The average Bonchev–Trinajstić information content (AvgIpc) is 2.49. The number of carbonyl (C=O) groups is 2. The molecule has 0 saturated carbocycles. The van der Waals surface area contributed by atoms with Gasteiger partial charge < -0.3 is 15.5 Å². The lowest BCUT2D eigenvalue weighted by Gasteiger charge is -2.26. The number of nitrogens with one attached hydrogen (secondary N) is 2. The molecular formula is C15H20FN3O2. The molecule has 0 bridgehead atoms. The van der Waals surface area contributed by atoms with E-state index in [0.29, 0.717) is 39.1 Å². The number of hydrogen-bond donors (Lipinski definition) is 2. The van der Waals surface area contributed by atoms with E-state index < -0.39 is 11.8 Å². The molecule has 1 saturated heterocycles. The molecule has 1 aromatic carbocycles. The van der Waals surface area contributed by atoms with E-state index >= 15 is 0 Å². The normalized spacial score (nSPS) is 14.9. The summed E-state index contributed by atoms with van der Waals surface area (Å²) in [6, 6.07) is 4.56. The van der Waals surface area contributed by atoms with Crippen LogP contribution in [0, 0.1) is 12.7 Å². The van der Waals surface area contributed by atoms with Gasteiger partial charge in [0.2, 0.25) is 0 Å². The van der Waals surface area contributed by atoms with E-state index in [1.165, 1.54) is 12.1 Å². The van der Waals surface area contributed by atoms with Gasteiger partial charge in [0.05, 0.1) is 0 Å².